The molecular formula is C23H26BrN5. The molecule has 0 spiro atoms. The monoisotopic (exact) mass is 451 g/mol. The Balaban J connectivity index is 1.33. The second kappa shape index (κ2) is 7.92. The lowest BCUT2D eigenvalue weighted by atomic mass is 10.1. The molecule has 150 valence electrons. The van der Waals surface area contributed by atoms with Crippen LogP contribution in [0.15, 0.2) is 46.9 Å². The largest absolute Gasteiger partial charge is 0.364 e. The van der Waals surface area contributed by atoms with Gasteiger partial charge < -0.3 is 10.2 Å². The van der Waals surface area contributed by atoms with E-state index in [9.17, 15) is 0 Å². The molecular weight excluding hydrogens is 426 g/mol. The van der Waals surface area contributed by atoms with Crippen molar-refractivity contribution >= 4 is 38.6 Å². The van der Waals surface area contributed by atoms with Crippen molar-refractivity contribution in [3.05, 3.63) is 58.1 Å². The van der Waals surface area contributed by atoms with Gasteiger partial charge in [0.2, 0.25) is 0 Å². The smallest absolute Gasteiger partial charge is 0.172 e. The number of anilines is 2. The molecule has 0 bridgehead atoms. The highest BCUT2D eigenvalue weighted by atomic mass is 79.9. The third-order valence-corrected chi connectivity index (χ3v) is 6.34. The molecule has 29 heavy (non-hydrogen) atoms. The maximum atomic E-state index is 4.99. The number of fused-ring (bicyclic) bond motifs is 1. The zero-order chi connectivity index (χ0) is 19.8. The van der Waals surface area contributed by atoms with Gasteiger partial charge in [0.15, 0.2) is 11.6 Å². The Bertz CT molecular complexity index is 1020. The number of hydrogen-bond donors (Lipinski definition) is 1. The fraction of sp³-hybridized carbons (Fsp3) is 0.391. The summed E-state index contributed by atoms with van der Waals surface area (Å²) in [4.78, 5) is 14.8. The summed E-state index contributed by atoms with van der Waals surface area (Å²) >= 11 is 3.60. The summed E-state index contributed by atoms with van der Waals surface area (Å²) in [6.07, 6.45) is 2.46. The van der Waals surface area contributed by atoms with Crippen molar-refractivity contribution in [2.24, 2.45) is 0 Å². The van der Waals surface area contributed by atoms with Crippen LogP contribution in [0.1, 0.15) is 24.0 Å². The molecule has 0 unspecified atom stereocenters. The lowest BCUT2D eigenvalue weighted by Gasteiger charge is -2.36. The van der Waals surface area contributed by atoms with Crippen molar-refractivity contribution < 1.29 is 0 Å². The molecule has 2 aliphatic rings. The van der Waals surface area contributed by atoms with E-state index in [4.69, 9.17) is 9.97 Å². The van der Waals surface area contributed by atoms with E-state index in [2.05, 4.69) is 62.2 Å². The first-order valence-electron chi connectivity index (χ1n) is 10.4. The van der Waals surface area contributed by atoms with Crippen molar-refractivity contribution in [3.8, 4) is 0 Å². The lowest BCUT2D eigenvalue weighted by Crippen LogP contribution is -2.46. The van der Waals surface area contributed by atoms with E-state index in [0.29, 0.717) is 6.04 Å². The van der Waals surface area contributed by atoms with Crippen LogP contribution >= 0.6 is 15.9 Å². The molecule has 0 amide bonds. The topological polar surface area (TPSA) is 44.3 Å². The van der Waals surface area contributed by atoms with E-state index >= 15 is 0 Å². The first-order chi connectivity index (χ1) is 14.2. The standard InChI is InChI=1S/C23H26BrN5/c1-16-6-7-18(24)14-17(16)15-28-10-12-29(13-11-28)23-22(25-19-8-9-19)26-20-4-2-3-5-21(20)27-23/h2-7,14,19H,8-13,15H2,1H3,(H,25,26). The molecule has 3 aromatic rings. The van der Waals surface area contributed by atoms with Crippen molar-refractivity contribution in [1.29, 1.82) is 0 Å². The Morgan fingerprint density at radius 2 is 1.72 bits per heavy atom. The SMILES string of the molecule is Cc1ccc(Br)cc1CN1CCN(c2nc3ccccc3nc2NC2CC2)CC1. The normalized spacial score (nSPS) is 17.7. The summed E-state index contributed by atoms with van der Waals surface area (Å²) < 4.78 is 1.15. The molecule has 2 fully saturated rings. The summed E-state index contributed by atoms with van der Waals surface area (Å²) in [7, 11) is 0. The molecule has 1 aliphatic heterocycles. The third-order valence-electron chi connectivity index (χ3n) is 5.85. The highest BCUT2D eigenvalue weighted by Gasteiger charge is 2.27. The number of para-hydroxylation sites is 2. The predicted octanol–water partition coefficient (Wildman–Crippen LogP) is 4.60. The molecule has 6 heteroatoms. The number of aromatic nitrogens is 2. The Kier molecular flexibility index (Phi) is 5.14. The lowest BCUT2D eigenvalue weighted by molar-refractivity contribution is 0.249. The van der Waals surface area contributed by atoms with E-state index in [1.165, 1.54) is 24.0 Å². The van der Waals surface area contributed by atoms with Gasteiger partial charge in [-0.1, -0.05) is 34.1 Å². The van der Waals surface area contributed by atoms with Crippen LogP contribution < -0.4 is 10.2 Å². The average Bonchev–Trinajstić information content (AvgIpc) is 3.55. The van der Waals surface area contributed by atoms with Crippen LogP contribution in [0.25, 0.3) is 11.0 Å². The van der Waals surface area contributed by atoms with Gasteiger partial charge >= 0.3 is 0 Å². The van der Waals surface area contributed by atoms with Crippen molar-refractivity contribution in [1.82, 2.24) is 14.9 Å². The number of rotatable bonds is 5. The van der Waals surface area contributed by atoms with E-state index < -0.39 is 0 Å². The number of benzene rings is 2. The van der Waals surface area contributed by atoms with Crippen molar-refractivity contribution in [2.45, 2.75) is 32.4 Å². The van der Waals surface area contributed by atoms with Crippen LogP contribution in [0.4, 0.5) is 11.6 Å². The average molecular weight is 452 g/mol. The predicted molar refractivity (Wildman–Crippen MR) is 123 cm³/mol. The van der Waals surface area contributed by atoms with Crippen LogP contribution in [-0.2, 0) is 6.54 Å². The molecule has 1 N–H and O–H groups in total. The van der Waals surface area contributed by atoms with Gasteiger partial charge in [-0.25, -0.2) is 9.97 Å². The van der Waals surface area contributed by atoms with Crippen LogP contribution in [0.5, 0.6) is 0 Å². The summed E-state index contributed by atoms with van der Waals surface area (Å²) in [5.74, 6) is 1.95. The number of aryl methyl sites for hydroxylation is 1. The third kappa shape index (κ3) is 4.23. The zero-order valence-corrected chi connectivity index (χ0v) is 18.3. The number of nitrogens with one attached hydrogen (secondary N) is 1. The summed E-state index contributed by atoms with van der Waals surface area (Å²) in [5, 5.41) is 3.60. The van der Waals surface area contributed by atoms with E-state index in [0.717, 1.165) is 59.9 Å². The zero-order valence-electron chi connectivity index (χ0n) is 16.7. The highest BCUT2D eigenvalue weighted by molar-refractivity contribution is 9.10. The van der Waals surface area contributed by atoms with Gasteiger partial charge in [-0.15, -0.1) is 0 Å². The molecule has 1 aliphatic carbocycles. The van der Waals surface area contributed by atoms with Crippen molar-refractivity contribution in [2.75, 3.05) is 36.4 Å². The van der Waals surface area contributed by atoms with Crippen LogP contribution in [0.3, 0.4) is 0 Å². The number of hydrogen-bond acceptors (Lipinski definition) is 5. The summed E-state index contributed by atoms with van der Waals surface area (Å²) in [6, 6.07) is 15.3. The minimum absolute atomic E-state index is 0.560. The second-order valence-corrected chi connectivity index (χ2v) is 9.05. The fourth-order valence-electron chi connectivity index (χ4n) is 3.90. The molecule has 5 rings (SSSR count). The van der Waals surface area contributed by atoms with E-state index in [1.807, 2.05) is 18.2 Å². The first-order valence-corrected chi connectivity index (χ1v) is 11.2. The molecule has 2 aromatic carbocycles. The van der Waals surface area contributed by atoms with E-state index in [1.54, 1.807) is 0 Å². The Labute approximate surface area is 180 Å². The highest BCUT2D eigenvalue weighted by Crippen LogP contribution is 2.31. The second-order valence-electron chi connectivity index (χ2n) is 8.14. The quantitative estimate of drug-likeness (QED) is 0.613. The molecule has 2 heterocycles. The Morgan fingerprint density at radius 1 is 1.00 bits per heavy atom. The minimum Gasteiger partial charge on any atom is -0.364 e. The van der Waals surface area contributed by atoms with E-state index in [-0.39, 0.29) is 0 Å². The number of halogens is 1. The maximum Gasteiger partial charge on any atom is 0.172 e. The molecule has 1 aromatic heterocycles. The van der Waals surface area contributed by atoms with Gasteiger partial charge in [0.05, 0.1) is 11.0 Å². The first kappa shape index (κ1) is 18.8. The summed E-state index contributed by atoms with van der Waals surface area (Å²) in [6.45, 7) is 7.19. The van der Waals surface area contributed by atoms with Gasteiger partial charge in [-0.05, 0) is 55.2 Å². The van der Waals surface area contributed by atoms with Gasteiger partial charge in [0, 0.05) is 43.2 Å². The van der Waals surface area contributed by atoms with Gasteiger partial charge in [-0.3, -0.25) is 4.90 Å². The minimum atomic E-state index is 0.560. The fourth-order valence-corrected chi connectivity index (χ4v) is 4.31. The molecule has 1 saturated heterocycles. The van der Waals surface area contributed by atoms with Crippen LogP contribution in [0, 0.1) is 6.92 Å². The summed E-state index contributed by atoms with van der Waals surface area (Å²) in [5.41, 5.74) is 4.68. The van der Waals surface area contributed by atoms with Gasteiger partial charge in [0.1, 0.15) is 0 Å². The molecule has 1 saturated carbocycles. The molecule has 0 radical (unpaired) electrons. The maximum absolute atomic E-state index is 4.99. The number of piperazine rings is 1. The number of nitrogens with zero attached hydrogens (tertiary/aromatic N) is 4. The van der Waals surface area contributed by atoms with Crippen molar-refractivity contribution in [3.63, 3.8) is 0 Å². The molecule has 5 nitrogen and oxygen atoms in total. The van der Waals surface area contributed by atoms with Gasteiger partial charge in [0.25, 0.3) is 0 Å². The Hall–Kier alpha value is -2.18. The van der Waals surface area contributed by atoms with Gasteiger partial charge in [-0.2, -0.15) is 0 Å². The Morgan fingerprint density at radius 3 is 2.45 bits per heavy atom. The van der Waals surface area contributed by atoms with Crippen LogP contribution in [0.2, 0.25) is 0 Å². The molecule has 0 atom stereocenters. The van der Waals surface area contributed by atoms with Crippen LogP contribution in [-0.4, -0.2) is 47.1 Å².